The maximum atomic E-state index is 13.0. The van der Waals surface area contributed by atoms with Gasteiger partial charge in [-0.2, -0.15) is 0 Å². The van der Waals surface area contributed by atoms with E-state index in [1.54, 1.807) is 0 Å². The van der Waals surface area contributed by atoms with E-state index in [0.29, 0.717) is 17.4 Å². The highest BCUT2D eigenvalue weighted by Crippen LogP contribution is 2.18. The molecule has 0 spiro atoms. The van der Waals surface area contributed by atoms with Crippen molar-refractivity contribution in [2.45, 2.75) is 347 Å². The predicted molar refractivity (Wildman–Crippen MR) is 416 cm³/mol. The lowest BCUT2D eigenvalue weighted by atomic mass is 10.0. The van der Waals surface area contributed by atoms with Gasteiger partial charge in [-0.1, -0.05) is 346 Å². The van der Waals surface area contributed by atoms with Gasteiger partial charge in [0.15, 0.2) is 12.4 Å². The minimum Gasteiger partial charge on any atom is -0.545 e. The van der Waals surface area contributed by atoms with Gasteiger partial charge in [-0.3, -0.25) is 9.59 Å². The molecule has 0 aliphatic heterocycles. The third-order valence-electron chi connectivity index (χ3n) is 17.1. The van der Waals surface area contributed by atoms with E-state index in [1.807, 2.05) is 21.1 Å². The molecule has 0 fully saturated rings. The molecule has 0 saturated heterocycles. The molecule has 0 bridgehead atoms. The molecule has 0 aliphatic rings. The van der Waals surface area contributed by atoms with Crippen LogP contribution < -0.4 is 5.11 Å². The summed E-state index contributed by atoms with van der Waals surface area (Å²) in [6.07, 6.45) is 110. The highest BCUT2D eigenvalue weighted by Gasteiger charge is 2.22. The van der Waals surface area contributed by atoms with Gasteiger partial charge >= 0.3 is 11.9 Å². The summed E-state index contributed by atoms with van der Waals surface area (Å²) in [4.78, 5) is 37.6. The molecule has 0 aromatic heterocycles. The van der Waals surface area contributed by atoms with Gasteiger partial charge in [0.25, 0.3) is 0 Å². The van der Waals surface area contributed by atoms with Crippen molar-refractivity contribution < 1.29 is 42.9 Å². The molecular weight excluding hydrogens is 1200 g/mol. The first-order valence-corrected chi connectivity index (χ1v) is 40.0. The number of rotatable bonds is 73. The molecule has 0 aromatic rings. The number of allylic oxidation sites excluding steroid dienone is 24. The Labute approximate surface area is 598 Å². The number of carboxylic acids is 1. The van der Waals surface area contributed by atoms with Crippen LogP contribution in [0.4, 0.5) is 0 Å². The molecule has 0 rings (SSSR count). The molecule has 0 N–H and O–H groups in total. The molecule has 0 radical (unpaired) electrons. The first-order valence-electron chi connectivity index (χ1n) is 40.0. The van der Waals surface area contributed by atoms with E-state index in [-0.39, 0.29) is 38.6 Å². The second kappa shape index (κ2) is 76.9. The number of carboxylic acid groups (broad SMARTS) is 1. The zero-order chi connectivity index (χ0) is 70.4. The van der Waals surface area contributed by atoms with E-state index < -0.39 is 24.3 Å². The van der Waals surface area contributed by atoms with Gasteiger partial charge in [0.05, 0.1) is 40.3 Å². The SMILES string of the molecule is CC/C=C\C/C=C\C/C=C\C/C=C\C/C=C\C/C=C\C/C=C\C/C=C\C/C=C\C/C=C\C/C=C\CCCCCCCC(=O)OC(COC(=O)CCCCCCCCCCCCCCCCCCCCCCC/C=C\CCCCCCCCCC)COC(OCC[N+](C)(C)C)C(=O)[O-]. The number of carbonyl (C=O) groups is 3. The fourth-order valence-corrected chi connectivity index (χ4v) is 11.0. The predicted octanol–water partition coefficient (Wildman–Crippen LogP) is 24.5. The fourth-order valence-electron chi connectivity index (χ4n) is 11.0. The standard InChI is InChI=1S/C88H149NO8/c1-6-8-10-12-14-16-18-20-22-24-26-28-30-32-34-36-38-40-41-42-43-44-45-47-49-51-53-55-57-59-61-63-65-67-69-71-73-75-77-79-86(91)97-84(83-96-88(87(92)93)94-81-80-89(3,4)5)82-95-85(90)78-76-74-72-70-68-66-64-62-60-58-56-54-52-50-48-46-39-37-35-33-31-29-27-25-23-21-19-17-15-13-11-9-7-2/h8,10,14,16,20,22,25-28,32,34,38,40,42-43,45,47,51,53,57,59,63,65,84,88H,6-7,9,11-13,15,17-19,21,23-24,29-31,33,35-37,39,41,44,46,48-50,52,54-56,58,60-62,64,66-83H2,1-5H3/b10-8-,16-14-,22-20-,27-25-,28-26-,34-32-,40-38-,43-42-,47-45-,53-51-,59-57-,65-63-. The van der Waals surface area contributed by atoms with Crippen LogP contribution in [0.1, 0.15) is 335 Å². The molecule has 2 unspecified atom stereocenters. The zero-order valence-electron chi connectivity index (χ0n) is 63.4. The van der Waals surface area contributed by atoms with Crippen molar-refractivity contribution in [1.82, 2.24) is 0 Å². The Bertz CT molecular complexity index is 2110. The Balaban J connectivity index is 4.13. The lowest BCUT2D eigenvalue weighted by molar-refractivity contribution is -0.870. The molecule has 0 heterocycles. The van der Waals surface area contributed by atoms with Gasteiger partial charge in [-0.25, -0.2) is 0 Å². The van der Waals surface area contributed by atoms with E-state index in [1.165, 1.54) is 180 Å². The van der Waals surface area contributed by atoms with Crippen LogP contribution in [0.5, 0.6) is 0 Å². The maximum Gasteiger partial charge on any atom is 0.306 e. The van der Waals surface area contributed by atoms with Crippen LogP contribution in [0.2, 0.25) is 0 Å². The molecule has 0 aliphatic carbocycles. The van der Waals surface area contributed by atoms with Crippen LogP contribution in [0.15, 0.2) is 146 Å². The number of quaternary nitrogens is 1. The Morgan fingerprint density at radius 1 is 0.320 bits per heavy atom. The average molecular weight is 1350 g/mol. The molecular formula is C88H149NO8. The summed E-state index contributed by atoms with van der Waals surface area (Å²) in [6, 6.07) is 0. The van der Waals surface area contributed by atoms with Crippen LogP contribution in [-0.4, -0.2) is 82.3 Å². The lowest BCUT2D eigenvalue weighted by Crippen LogP contribution is -2.44. The smallest absolute Gasteiger partial charge is 0.306 e. The van der Waals surface area contributed by atoms with Crippen molar-refractivity contribution in [3.63, 3.8) is 0 Å². The van der Waals surface area contributed by atoms with Crippen LogP contribution in [0, 0.1) is 0 Å². The van der Waals surface area contributed by atoms with E-state index in [4.69, 9.17) is 18.9 Å². The number of hydrogen-bond donors (Lipinski definition) is 0. The topological polar surface area (TPSA) is 111 Å². The van der Waals surface area contributed by atoms with Gasteiger partial charge in [0, 0.05) is 12.8 Å². The molecule has 97 heavy (non-hydrogen) atoms. The largest absolute Gasteiger partial charge is 0.545 e. The third-order valence-corrected chi connectivity index (χ3v) is 17.1. The quantitative estimate of drug-likeness (QED) is 0.0195. The van der Waals surface area contributed by atoms with Crippen LogP contribution >= 0.6 is 0 Å². The van der Waals surface area contributed by atoms with Crippen LogP contribution in [-0.2, 0) is 33.3 Å². The number of likely N-dealkylation sites (N-methyl/N-ethyl adjacent to an activating group) is 1. The highest BCUT2D eigenvalue weighted by molar-refractivity contribution is 5.70. The van der Waals surface area contributed by atoms with Gasteiger partial charge in [-0.15, -0.1) is 0 Å². The minimum atomic E-state index is -1.64. The molecule has 554 valence electrons. The maximum absolute atomic E-state index is 13.0. The zero-order valence-corrected chi connectivity index (χ0v) is 63.4. The Morgan fingerprint density at radius 3 is 0.887 bits per heavy atom. The summed E-state index contributed by atoms with van der Waals surface area (Å²) < 4.78 is 22.8. The molecule has 0 saturated carbocycles. The first kappa shape index (κ1) is 92.2. The number of hydrogen-bond acceptors (Lipinski definition) is 8. The summed E-state index contributed by atoms with van der Waals surface area (Å²) in [5.74, 6) is -2.31. The van der Waals surface area contributed by atoms with Crippen LogP contribution in [0.3, 0.4) is 0 Å². The Hall–Kier alpha value is -4.83. The van der Waals surface area contributed by atoms with Gasteiger partial charge in [0.1, 0.15) is 13.2 Å². The van der Waals surface area contributed by atoms with E-state index in [0.717, 1.165) is 122 Å². The van der Waals surface area contributed by atoms with Crippen molar-refractivity contribution in [3.05, 3.63) is 146 Å². The summed E-state index contributed by atoms with van der Waals surface area (Å²) in [6.45, 7) is 4.63. The number of esters is 2. The third kappa shape index (κ3) is 78.4. The molecule has 0 aromatic carbocycles. The van der Waals surface area contributed by atoms with Gasteiger partial charge < -0.3 is 33.3 Å². The number of ether oxygens (including phenoxy) is 4. The summed E-state index contributed by atoms with van der Waals surface area (Å²) in [5.41, 5.74) is 0. The fraction of sp³-hybridized carbons (Fsp3) is 0.693. The monoisotopic (exact) mass is 1350 g/mol. The second-order valence-electron chi connectivity index (χ2n) is 27.6. The summed E-state index contributed by atoms with van der Waals surface area (Å²) >= 11 is 0. The van der Waals surface area contributed by atoms with E-state index >= 15 is 0 Å². The summed E-state index contributed by atoms with van der Waals surface area (Å²) in [7, 11) is 5.92. The van der Waals surface area contributed by atoms with Crippen molar-refractivity contribution in [3.8, 4) is 0 Å². The number of carbonyl (C=O) groups excluding carboxylic acids is 3. The number of unbranched alkanes of at least 4 members (excludes halogenated alkanes) is 34. The van der Waals surface area contributed by atoms with E-state index in [9.17, 15) is 19.5 Å². The van der Waals surface area contributed by atoms with Gasteiger partial charge in [0.2, 0.25) is 0 Å². The van der Waals surface area contributed by atoms with Crippen LogP contribution in [0.25, 0.3) is 0 Å². The Morgan fingerprint density at radius 2 is 0.588 bits per heavy atom. The highest BCUT2D eigenvalue weighted by atomic mass is 16.7. The Kier molecular flexibility index (Phi) is 73.1. The first-order chi connectivity index (χ1) is 47.6. The number of nitrogens with zero attached hydrogens (tertiary/aromatic N) is 1. The molecule has 9 nitrogen and oxygen atoms in total. The number of aliphatic carboxylic acids is 1. The second-order valence-corrected chi connectivity index (χ2v) is 27.6. The summed E-state index contributed by atoms with van der Waals surface area (Å²) in [5, 5.41) is 11.9. The van der Waals surface area contributed by atoms with Crippen molar-refractivity contribution in [1.29, 1.82) is 0 Å². The van der Waals surface area contributed by atoms with Crippen molar-refractivity contribution in [2.24, 2.45) is 0 Å². The average Bonchev–Trinajstić information content (AvgIpc) is 2.39. The molecule has 0 amide bonds. The van der Waals surface area contributed by atoms with Crippen molar-refractivity contribution >= 4 is 17.9 Å². The normalized spacial score (nSPS) is 13.5. The van der Waals surface area contributed by atoms with Gasteiger partial charge in [-0.05, 0) is 122 Å². The van der Waals surface area contributed by atoms with E-state index in [2.05, 4.69) is 160 Å². The lowest BCUT2D eigenvalue weighted by Gasteiger charge is -2.26. The molecule has 9 heteroatoms. The minimum absolute atomic E-state index is 0.138. The molecule has 2 atom stereocenters. The van der Waals surface area contributed by atoms with Crippen molar-refractivity contribution in [2.75, 3.05) is 47.5 Å².